The summed E-state index contributed by atoms with van der Waals surface area (Å²) in [6.45, 7) is 4.45. The number of nitrogens with zero attached hydrogens (tertiary/aromatic N) is 1. The Kier molecular flexibility index (Phi) is 20.1. The lowest BCUT2D eigenvalue weighted by atomic mass is 9.92. The van der Waals surface area contributed by atoms with Crippen LogP contribution in [0.2, 0.25) is 0 Å². The van der Waals surface area contributed by atoms with Crippen molar-refractivity contribution >= 4 is 65.1 Å². The van der Waals surface area contributed by atoms with Crippen LogP contribution in [0.15, 0.2) is 0 Å². The highest BCUT2D eigenvalue weighted by molar-refractivity contribution is 8.00. The second-order valence-corrected chi connectivity index (χ2v) is 17.0. The van der Waals surface area contributed by atoms with E-state index in [1.165, 1.54) is 17.3 Å². The molecule has 3 heterocycles. The van der Waals surface area contributed by atoms with E-state index in [4.69, 9.17) is 10.9 Å². The van der Waals surface area contributed by atoms with Gasteiger partial charge in [-0.2, -0.15) is 11.8 Å². The zero-order valence-corrected chi connectivity index (χ0v) is 34.8. The number of primary amides is 1. The molecular weight excluding hydrogens is 793 g/mol. The first kappa shape index (κ1) is 48.7. The molecule has 0 aromatic rings. The van der Waals surface area contributed by atoms with E-state index in [0.29, 0.717) is 37.5 Å². The van der Waals surface area contributed by atoms with Crippen LogP contribution in [-0.4, -0.2) is 142 Å². The molecule has 59 heavy (non-hydrogen) atoms. The molecule has 3 rings (SSSR count). The Balaban J connectivity index is 1.33. The summed E-state index contributed by atoms with van der Waals surface area (Å²) in [5.74, 6) is -5.13. The SMILES string of the molecule is CC(C)CC(CC(=O)NO)C(=O)N[C@H](C(=O)N1CCC[C@H]1C(=O)NCC(=O)NCC(=O)N[C@@H](CCCCNC(=O)CCCC[C@@H]1SC[C@@H]2NC(=O)N[C@@H]21)C(N)=O)[C@@H](C)O. The molecule has 332 valence electrons. The van der Waals surface area contributed by atoms with Gasteiger partial charge in [-0.25, -0.2) is 10.3 Å². The minimum atomic E-state index is -1.44. The number of thioether (sulfide) groups is 1. The van der Waals surface area contributed by atoms with Crippen LogP contribution >= 0.6 is 11.8 Å². The Morgan fingerprint density at radius 3 is 2.31 bits per heavy atom. The zero-order valence-electron chi connectivity index (χ0n) is 34.0. The molecule has 3 aliphatic rings. The maximum Gasteiger partial charge on any atom is 0.315 e. The Labute approximate surface area is 347 Å². The average Bonchev–Trinajstić information content (AvgIpc) is 3.92. The summed E-state index contributed by atoms with van der Waals surface area (Å²) < 4.78 is 0. The first-order chi connectivity index (χ1) is 28.0. The third-order valence-electron chi connectivity index (χ3n) is 10.4. The van der Waals surface area contributed by atoms with Crippen LogP contribution in [-0.2, 0) is 38.4 Å². The highest BCUT2D eigenvalue weighted by atomic mass is 32.2. The fraction of sp³-hybridized carbons (Fsp3) is 0.757. The molecule has 21 nitrogen and oxygen atoms in total. The maximum atomic E-state index is 13.5. The van der Waals surface area contributed by atoms with Gasteiger partial charge < -0.3 is 53.0 Å². The monoisotopic (exact) mass is 854 g/mol. The fourth-order valence-electron chi connectivity index (χ4n) is 7.38. The Bertz CT molecular complexity index is 1520. The summed E-state index contributed by atoms with van der Waals surface area (Å²) in [6.07, 6.45) is 3.36. The van der Waals surface area contributed by atoms with Crippen molar-refractivity contribution in [1.29, 1.82) is 0 Å². The van der Waals surface area contributed by atoms with E-state index in [2.05, 4.69) is 37.2 Å². The van der Waals surface area contributed by atoms with Crippen LogP contribution in [0.4, 0.5) is 4.79 Å². The average molecular weight is 855 g/mol. The van der Waals surface area contributed by atoms with Gasteiger partial charge in [-0.3, -0.25) is 43.6 Å². The summed E-state index contributed by atoms with van der Waals surface area (Å²) in [6, 6.07) is -3.27. The molecule has 12 N–H and O–H groups in total. The Hall–Kier alpha value is -4.70. The van der Waals surface area contributed by atoms with Crippen molar-refractivity contribution in [3.63, 3.8) is 0 Å². The number of hydrogen-bond donors (Lipinski definition) is 11. The molecule has 0 aromatic heterocycles. The summed E-state index contributed by atoms with van der Waals surface area (Å²) in [7, 11) is 0. The first-order valence-electron chi connectivity index (χ1n) is 20.3. The van der Waals surface area contributed by atoms with E-state index in [1.807, 2.05) is 25.6 Å². The van der Waals surface area contributed by atoms with Crippen molar-refractivity contribution in [1.82, 2.24) is 47.6 Å². The number of fused-ring (bicyclic) bond motifs is 1. The van der Waals surface area contributed by atoms with Crippen LogP contribution in [0.3, 0.4) is 0 Å². The number of nitrogens with one attached hydrogen (secondary N) is 8. The van der Waals surface area contributed by atoms with Crippen molar-refractivity contribution in [3.05, 3.63) is 0 Å². The summed E-state index contributed by atoms with van der Waals surface area (Å²) in [4.78, 5) is 113. The molecule has 0 aromatic carbocycles. The minimum absolute atomic E-state index is 0.00738. The number of aliphatic hydroxyl groups excluding tert-OH is 1. The summed E-state index contributed by atoms with van der Waals surface area (Å²) >= 11 is 1.83. The molecule has 0 saturated carbocycles. The molecule has 0 aliphatic carbocycles. The van der Waals surface area contributed by atoms with Gasteiger partial charge in [0.05, 0.1) is 31.3 Å². The zero-order chi connectivity index (χ0) is 43.6. The van der Waals surface area contributed by atoms with Gasteiger partial charge in [0.2, 0.25) is 47.3 Å². The second-order valence-electron chi connectivity index (χ2n) is 15.7. The molecule has 3 fully saturated rings. The van der Waals surface area contributed by atoms with Crippen molar-refractivity contribution in [2.75, 3.05) is 31.9 Å². The number of aliphatic hydroxyl groups is 1. The number of amides is 10. The number of unbranched alkanes of at least 4 members (excludes halogenated alkanes) is 2. The lowest BCUT2D eigenvalue weighted by molar-refractivity contribution is -0.145. The van der Waals surface area contributed by atoms with Crippen LogP contribution < -0.4 is 48.4 Å². The molecule has 3 aliphatic heterocycles. The third kappa shape index (κ3) is 16.1. The van der Waals surface area contributed by atoms with Gasteiger partial charge in [-0.1, -0.05) is 20.3 Å². The van der Waals surface area contributed by atoms with Gasteiger partial charge in [-0.15, -0.1) is 0 Å². The van der Waals surface area contributed by atoms with Crippen LogP contribution in [0.1, 0.15) is 91.4 Å². The second kappa shape index (κ2) is 24.4. The lowest BCUT2D eigenvalue weighted by Gasteiger charge is -2.31. The summed E-state index contributed by atoms with van der Waals surface area (Å²) in [5.41, 5.74) is 6.95. The highest BCUT2D eigenvalue weighted by Crippen LogP contribution is 2.33. The normalized spacial score (nSPS) is 21.5. The molecule has 1 unspecified atom stereocenters. The molecule has 10 amide bonds. The van der Waals surface area contributed by atoms with Crippen molar-refractivity contribution < 1.29 is 53.5 Å². The molecule has 22 heteroatoms. The number of likely N-dealkylation sites (tertiary alicyclic amines) is 1. The van der Waals surface area contributed by atoms with E-state index in [-0.39, 0.29) is 62.2 Å². The minimum Gasteiger partial charge on any atom is -0.391 e. The molecule has 3 saturated heterocycles. The van der Waals surface area contributed by atoms with Crippen LogP contribution in [0.5, 0.6) is 0 Å². The topological polar surface area (TPSA) is 320 Å². The predicted molar refractivity (Wildman–Crippen MR) is 214 cm³/mol. The molecule has 8 atom stereocenters. The number of urea groups is 1. The number of carbonyl (C=O) groups is 9. The first-order valence-corrected chi connectivity index (χ1v) is 21.4. The smallest absolute Gasteiger partial charge is 0.315 e. The third-order valence-corrected chi connectivity index (χ3v) is 11.9. The lowest BCUT2D eigenvalue weighted by Crippen LogP contribution is -2.58. The fourth-order valence-corrected chi connectivity index (χ4v) is 8.93. The number of hydroxylamine groups is 1. The van der Waals surface area contributed by atoms with Crippen molar-refractivity contribution in [2.45, 2.75) is 133 Å². The van der Waals surface area contributed by atoms with Gasteiger partial charge in [0.15, 0.2) is 0 Å². The predicted octanol–water partition coefficient (Wildman–Crippen LogP) is -2.38. The standard InChI is InChI=1S/C37H62N10O11S/c1-20(2)15-22(16-28(50)46-58)34(54)44-31(21(3)48)36(56)47-14-8-10-25(47)35(55)41-17-29(51)40-18-30(52)42-23(33(38)53)9-6-7-13-39-27(49)12-5-4-11-26-32-24(19-59-26)43-37(57)45-32/h20-26,31-32,48,58H,4-19H2,1-3H3,(H2,38,53)(H,39,49)(H,40,51)(H,41,55)(H,42,52)(H,44,54)(H,46,50)(H2,43,45,57)/t21-,22?,23+,24+,25+,26+,31+,32+/m1/s1. The van der Waals surface area contributed by atoms with Gasteiger partial charge in [0.1, 0.15) is 18.1 Å². The van der Waals surface area contributed by atoms with Crippen LogP contribution in [0, 0.1) is 11.8 Å². The van der Waals surface area contributed by atoms with Crippen LogP contribution in [0.25, 0.3) is 0 Å². The van der Waals surface area contributed by atoms with Crippen molar-refractivity contribution in [2.24, 2.45) is 17.6 Å². The van der Waals surface area contributed by atoms with E-state index in [1.54, 1.807) is 0 Å². The Morgan fingerprint density at radius 1 is 0.898 bits per heavy atom. The number of hydrogen-bond acceptors (Lipinski definition) is 12. The van der Waals surface area contributed by atoms with Gasteiger partial charge in [-0.05, 0) is 64.2 Å². The van der Waals surface area contributed by atoms with Gasteiger partial charge in [0, 0.05) is 42.9 Å². The van der Waals surface area contributed by atoms with Gasteiger partial charge in [0.25, 0.3) is 0 Å². The van der Waals surface area contributed by atoms with Gasteiger partial charge >= 0.3 is 6.03 Å². The van der Waals surface area contributed by atoms with E-state index >= 15 is 0 Å². The molecular formula is C37H62N10O11S. The number of nitrogens with two attached hydrogens (primary N) is 1. The van der Waals surface area contributed by atoms with E-state index in [9.17, 15) is 48.3 Å². The number of rotatable bonds is 25. The van der Waals surface area contributed by atoms with E-state index in [0.717, 1.165) is 25.0 Å². The van der Waals surface area contributed by atoms with E-state index < -0.39 is 84.6 Å². The highest BCUT2D eigenvalue weighted by Gasteiger charge is 2.43. The largest absolute Gasteiger partial charge is 0.391 e. The Morgan fingerprint density at radius 2 is 1.63 bits per heavy atom. The molecule has 0 radical (unpaired) electrons. The quantitative estimate of drug-likeness (QED) is 0.0199. The van der Waals surface area contributed by atoms with Crippen molar-refractivity contribution in [3.8, 4) is 0 Å². The maximum absolute atomic E-state index is 13.5. The summed E-state index contributed by atoms with van der Waals surface area (Å²) in [5, 5.41) is 38.2. The number of carbonyl (C=O) groups excluding carboxylic acids is 9. The molecule has 0 spiro atoms. The molecule has 0 bridgehead atoms.